The summed E-state index contributed by atoms with van der Waals surface area (Å²) in [6.07, 6.45) is 2.47. The summed E-state index contributed by atoms with van der Waals surface area (Å²) in [7, 11) is 1.34. The Morgan fingerprint density at radius 2 is 2.00 bits per heavy atom. The summed E-state index contributed by atoms with van der Waals surface area (Å²) in [5, 5.41) is 0. The summed E-state index contributed by atoms with van der Waals surface area (Å²) in [5.41, 5.74) is 4.54. The summed E-state index contributed by atoms with van der Waals surface area (Å²) < 4.78 is 16.3. The van der Waals surface area contributed by atoms with E-state index in [-0.39, 0.29) is 5.76 Å². The first-order valence-electron chi connectivity index (χ1n) is 8.45. The van der Waals surface area contributed by atoms with Crippen molar-refractivity contribution in [3.05, 3.63) is 64.6 Å². The molecular formula is C21H26O4. The normalized spacial score (nSPS) is 10.6. The predicted octanol–water partition coefficient (Wildman–Crippen LogP) is 5.01. The van der Waals surface area contributed by atoms with E-state index in [0.717, 1.165) is 40.9 Å². The molecule has 4 heteroatoms. The number of rotatable bonds is 8. The zero-order chi connectivity index (χ0) is 18.4. The summed E-state index contributed by atoms with van der Waals surface area (Å²) in [6, 6.07) is 7.61. The monoisotopic (exact) mass is 342 g/mol. The van der Waals surface area contributed by atoms with Crippen molar-refractivity contribution in [2.24, 2.45) is 0 Å². The molecule has 0 unspecified atom stereocenters. The molecule has 0 amide bonds. The standard InChI is InChI=1S/C21H26O4/c1-14(2)7-6-10-24-20-12-15(3)11-16(4)18(20)13-17-8-9-19(25-17)21(22)23-5/h8-9,11-12H,1,6-7,10,13H2,2-5H3. The fraction of sp³-hybridized carbons (Fsp3) is 0.381. The Labute approximate surface area is 149 Å². The number of furan rings is 1. The molecule has 4 nitrogen and oxygen atoms in total. The molecule has 0 fully saturated rings. The predicted molar refractivity (Wildman–Crippen MR) is 98.3 cm³/mol. The summed E-state index contributed by atoms with van der Waals surface area (Å²) in [4.78, 5) is 11.5. The molecule has 2 aromatic rings. The SMILES string of the molecule is C=C(C)CCCOc1cc(C)cc(C)c1Cc1ccc(C(=O)OC)o1. The van der Waals surface area contributed by atoms with Gasteiger partial charge in [0.05, 0.1) is 13.7 Å². The summed E-state index contributed by atoms with van der Waals surface area (Å²) in [6.45, 7) is 10.7. The number of esters is 1. The van der Waals surface area contributed by atoms with Gasteiger partial charge in [0.25, 0.3) is 0 Å². The molecule has 1 aromatic heterocycles. The van der Waals surface area contributed by atoms with Crippen LogP contribution in [0.1, 0.15) is 52.8 Å². The lowest BCUT2D eigenvalue weighted by Gasteiger charge is -2.15. The first-order chi connectivity index (χ1) is 11.9. The van der Waals surface area contributed by atoms with Gasteiger partial charge in [-0.15, -0.1) is 6.58 Å². The molecule has 0 saturated carbocycles. The van der Waals surface area contributed by atoms with Crippen molar-refractivity contribution in [2.45, 2.75) is 40.0 Å². The van der Waals surface area contributed by atoms with Gasteiger partial charge in [-0.25, -0.2) is 4.79 Å². The molecule has 1 heterocycles. The highest BCUT2D eigenvalue weighted by molar-refractivity contribution is 5.86. The van der Waals surface area contributed by atoms with E-state index in [2.05, 4.69) is 31.2 Å². The van der Waals surface area contributed by atoms with Gasteiger partial charge < -0.3 is 13.9 Å². The molecule has 2 rings (SSSR count). The van der Waals surface area contributed by atoms with E-state index in [1.807, 2.05) is 13.0 Å². The molecule has 0 aliphatic rings. The first-order valence-corrected chi connectivity index (χ1v) is 8.45. The van der Waals surface area contributed by atoms with Crippen LogP contribution < -0.4 is 4.74 Å². The average molecular weight is 342 g/mol. The van der Waals surface area contributed by atoms with E-state index in [4.69, 9.17) is 9.15 Å². The number of allylic oxidation sites excluding steroid dienone is 1. The minimum atomic E-state index is -0.469. The van der Waals surface area contributed by atoms with Crippen LogP contribution >= 0.6 is 0 Å². The largest absolute Gasteiger partial charge is 0.493 e. The maximum atomic E-state index is 11.5. The highest BCUT2D eigenvalue weighted by atomic mass is 16.5. The highest BCUT2D eigenvalue weighted by Crippen LogP contribution is 2.28. The van der Waals surface area contributed by atoms with E-state index < -0.39 is 5.97 Å². The van der Waals surface area contributed by atoms with Crippen molar-refractivity contribution in [2.75, 3.05) is 13.7 Å². The minimum Gasteiger partial charge on any atom is -0.493 e. The van der Waals surface area contributed by atoms with Crippen LogP contribution in [0.15, 0.2) is 40.8 Å². The van der Waals surface area contributed by atoms with E-state index in [0.29, 0.717) is 18.8 Å². The van der Waals surface area contributed by atoms with E-state index in [1.54, 1.807) is 12.1 Å². The van der Waals surface area contributed by atoms with Gasteiger partial charge in [0, 0.05) is 12.0 Å². The zero-order valence-electron chi connectivity index (χ0n) is 15.5. The van der Waals surface area contributed by atoms with Crippen molar-refractivity contribution in [3.63, 3.8) is 0 Å². The van der Waals surface area contributed by atoms with Gasteiger partial charge in [0.2, 0.25) is 5.76 Å². The maximum absolute atomic E-state index is 11.5. The third kappa shape index (κ3) is 5.24. The summed E-state index contributed by atoms with van der Waals surface area (Å²) in [5.74, 6) is 1.32. The van der Waals surface area contributed by atoms with Crippen molar-refractivity contribution < 1.29 is 18.7 Å². The molecule has 0 spiro atoms. The average Bonchev–Trinajstić information content (AvgIpc) is 3.02. The van der Waals surface area contributed by atoms with Gasteiger partial charge in [0.1, 0.15) is 11.5 Å². The van der Waals surface area contributed by atoms with Crippen molar-refractivity contribution in [1.29, 1.82) is 0 Å². The zero-order valence-corrected chi connectivity index (χ0v) is 15.5. The van der Waals surface area contributed by atoms with E-state index >= 15 is 0 Å². The summed E-state index contributed by atoms with van der Waals surface area (Å²) >= 11 is 0. The molecule has 0 saturated heterocycles. The first kappa shape index (κ1) is 18.8. The molecule has 1 aromatic carbocycles. The van der Waals surface area contributed by atoms with E-state index in [9.17, 15) is 4.79 Å². The van der Waals surface area contributed by atoms with Gasteiger partial charge in [0.15, 0.2) is 0 Å². The van der Waals surface area contributed by atoms with Crippen LogP contribution in [0.3, 0.4) is 0 Å². The Kier molecular flexibility index (Phi) is 6.45. The van der Waals surface area contributed by atoms with Crippen LogP contribution in [-0.4, -0.2) is 19.7 Å². The molecule has 134 valence electrons. The van der Waals surface area contributed by atoms with Gasteiger partial charge in [-0.3, -0.25) is 0 Å². The number of methoxy groups -OCH3 is 1. The molecule has 0 bridgehead atoms. The lowest BCUT2D eigenvalue weighted by Crippen LogP contribution is -2.03. The second-order valence-electron chi connectivity index (χ2n) is 6.40. The smallest absolute Gasteiger partial charge is 0.373 e. The van der Waals surface area contributed by atoms with Crippen LogP contribution in [0.25, 0.3) is 0 Å². The van der Waals surface area contributed by atoms with Crippen LogP contribution in [0.2, 0.25) is 0 Å². The maximum Gasteiger partial charge on any atom is 0.373 e. The Balaban J connectivity index is 2.16. The van der Waals surface area contributed by atoms with Crippen molar-refractivity contribution >= 4 is 5.97 Å². The molecule has 0 atom stereocenters. The molecule has 0 radical (unpaired) electrons. The molecule has 0 N–H and O–H groups in total. The molecule has 25 heavy (non-hydrogen) atoms. The van der Waals surface area contributed by atoms with Crippen LogP contribution in [0.5, 0.6) is 5.75 Å². The Hall–Kier alpha value is -2.49. The van der Waals surface area contributed by atoms with E-state index in [1.165, 1.54) is 7.11 Å². The third-order valence-electron chi connectivity index (χ3n) is 3.98. The number of hydrogen-bond acceptors (Lipinski definition) is 4. The number of carbonyl (C=O) groups is 1. The second-order valence-corrected chi connectivity index (χ2v) is 6.40. The number of benzene rings is 1. The Bertz CT molecular complexity index is 755. The highest BCUT2D eigenvalue weighted by Gasteiger charge is 2.15. The Morgan fingerprint density at radius 3 is 2.68 bits per heavy atom. The van der Waals surface area contributed by atoms with Gasteiger partial charge in [-0.05, 0) is 62.9 Å². The lowest BCUT2D eigenvalue weighted by atomic mass is 10.0. The fourth-order valence-corrected chi connectivity index (χ4v) is 2.73. The van der Waals surface area contributed by atoms with Crippen LogP contribution in [0, 0.1) is 13.8 Å². The van der Waals surface area contributed by atoms with Gasteiger partial charge in [-0.2, -0.15) is 0 Å². The van der Waals surface area contributed by atoms with Crippen LogP contribution in [0.4, 0.5) is 0 Å². The van der Waals surface area contributed by atoms with Crippen molar-refractivity contribution in [1.82, 2.24) is 0 Å². The molecular weight excluding hydrogens is 316 g/mol. The number of ether oxygens (including phenoxy) is 2. The molecule has 0 aliphatic carbocycles. The Morgan fingerprint density at radius 1 is 1.24 bits per heavy atom. The van der Waals surface area contributed by atoms with Gasteiger partial charge >= 0.3 is 5.97 Å². The van der Waals surface area contributed by atoms with Crippen LogP contribution in [-0.2, 0) is 11.2 Å². The number of aryl methyl sites for hydroxylation is 2. The lowest BCUT2D eigenvalue weighted by molar-refractivity contribution is 0.0563. The van der Waals surface area contributed by atoms with Gasteiger partial charge in [-0.1, -0.05) is 11.6 Å². The third-order valence-corrected chi connectivity index (χ3v) is 3.98. The quantitative estimate of drug-likeness (QED) is 0.384. The molecule has 0 aliphatic heterocycles. The fourth-order valence-electron chi connectivity index (χ4n) is 2.73. The topological polar surface area (TPSA) is 48.7 Å². The second kappa shape index (κ2) is 8.56. The number of carbonyl (C=O) groups excluding carboxylic acids is 1. The minimum absolute atomic E-state index is 0.214. The van der Waals surface area contributed by atoms with Crippen molar-refractivity contribution in [3.8, 4) is 5.75 Å². The number of hydrogen-bond donors (Lipinski definition) is 0.